The number of amides is 2. The van der Waals surface area contributed by atoms with Gasteiger partial charge in [-0.15, -0.1) is 11.8 Å². The Balaban J connectivity index is 1.55. The molecule has 0 unspecified atom stereocenters. The van der Waals surface area contributed by atoms with Crippen molar-refractivity contribution in [3.63, 3.8) is 0 Å². The molecule has 1 aromatic heterocycles. The van der Waals surface area contributed by atoms with Gasteiger partial charge >= 0.3 is 0 Å². The zero-order valence-electron chi connectivity index (χ0n) is 17.0. The molecule has 2 N–H and O–H groups in total. The zero-order chi connectivity index (χ0) is 22.4. The molecular formula is C21H22N4O4S2. The van der Waals surface area contributed by atoms with Gasteiger partial charge in [0, 0.05) is 30.5 Å². The monoisotopic (exact) mass is 458 g/mol. The van der Waals surface area contributed by atoms with E-state index in [-0.39, 0.29) is 17.2 Å². The molecule has 0 radical (unpaired) electrons. The Morgan fingerprint density at radius 3 is 2.58 bits per heavy atom. The molecule has 1 aliphatic carbocycles. The van der Waals surface area contributed by atoms with Gasteiger partial charge in [0.25, 0.3) is 10.0 Å². The second-order valence-corrected chi connectivity index (χ2v) is 9.86. The first-order valence-corrected chi connectivity index (χ1v) is 12.2. The number of benzene rings is 1. The normalized spacial score (nSPS) is 13.0. The maximum absolute atomic E-state index is 12.2. The molecule has 0 saturated carbocycles. The van der Waals surface area contributed by atoms with Crippen LogP contribution in [0.15, 0.2) is 40.3 Å². The number of aromatic nitrogens is 1. The largest absolute Gasteiger partial charge is 0.326 e. The topological polar surface area (TPSA) is 129 Å². The second-order valence-electron chi connectivity index (χ2n) is 7.10. The summed E-state index contributed by atoms with van der Waals surface area (Å²) in [6.45, 7) is 1.11. The lowest BCUT2D eigenvalue weighted by atomic mass is 9.95. The third kappa shape index (κ3) is 6.06. The van der Waals surface area contributed by atoms with E-state index in [1.165, 1.54) is 36.0 Å². The number of nitrogens with one attached hydrogen (secondary N) is 2. The SMILES string of the molecule is CC(=O)NS(=O)(=O)c1ccc(NC(=O)CCSc2nc3c(cc2C#N)CCCC3)cc1. The molecule has 0 saturated heterocycles. The maximum Gasteiger partial charge on any atom is 0.264 e. The van der Waals surface area contributed by atoms with E-state index in [1.54, 1.807) is 0 Å². The highest BCUT2D eigenvalue weighted by Crippen LogP contribution is 2.27. The van der Waals surface area contributed by atoms with Gasteiger partial charge < -0.3 is 5.32 Å². The van der Waals surface area contributed by atoms with E-state index in [4.69, 9.17) is 0 Å². The Kier molecular flexibility index (Phi) is 7.30. The highest BCUT2D eigenvalue weighted by atomic mass is 32.2. The van der Waals surface area contributed by atoms with Gasteiger partial charge in [-0.2, -0.15) is 5.26 Å². The van der Waals surface area contributed by atoms with Crippen LogP contribution in [0, 0.1) is 11.3 Å². The van der Waals surface area contributed by atoms with Crippen molar-refractivity contribution in [1.29, 1.82) is 5.26 Å². The number of hydrogen-bond donors (Lipinski definition) is 2. The molecule has 8 nitrogen and oxygen atoms in total. The van der Waals surface area contributed by atoms with Crippen molar-refractivity contribution < 1.29 is 18.0 Å². The van der Waals surface area contributed by atoms with Crippen molar-refractivity contribution in [2.75, 3.05) is 11.1 Å². The van der Waals surface area contributed by atoms with Crippen LogP contribution in [0.4, 0.5) is 5.69 Å². The van der Waals surface area contributed by atoms with Crippen molar-refractivity contribution in [2.24, 2.45) is 0 Å². The van der Waals surface area contributed by atoms with Crippen LogP contribution < -0.4 is 10.0 Å². The van der Waals surface area contributed by atoms with Crippen molar-refractivity contribution >= 4 is 39.3 Å². The standard InChI is InChI=1S/C21H22N4O4S2/c1-14(26)25-31(28,29)18-8-6-17(7-9-18)23-20(27)10-11-30-21-16(13-22)12-15-4-2-3-5-19(15)24-21/h6-9,12H,2-5,10-11H2,1H3,(H,23,27)(H,25,26). The maximum atomic E-state index is 12.2. The quantitative estimate of drug-likeness (QED) is 0.610. The smallest absolute Gasteiger partial charge is 0.264 e. The van der Waals surface area contributed by atoms with E-state index in [2.05, 4.69) is 16.4 Å². The van der Waals surface area contributed by atoms with E-state index in [1.807, 2.05) is 10.8 Å². The molecule has 0 spiro atoms. The predicted molar refractivity (Wildman–Crippen MR) is 117 cm³/mol. The molecule has 1 aromatic carbocycles. The number of nitrogens with zero attached hydrogens (tertiary/aromatic N) is 2. The summed E-state index contributed by atoms with van der Waals surface area (Å²) in [6, 6.07) is 9.65. The molecule has 2 amide bonds. The van der Waals surface area contributed by atoms with Crippen LogP contribution in [0.25, 0.3) is 0 Å². The van der Waals surface area contributed by atoms with Crippen LogP contribution in [0.1, 0.15) is 43.0 Å². The van der Waals surface area contributed by atoms with Crippen LogP contribution in [0.5, 0.6) is 0 Å². The number of thioether (sulfide) groups is 1. The van der Waals surface area contributed by atoms with E-state index in [9.17, 15) is 23.3 Å². The molecule has 0 aliphatic heterocycles. The van der Waals surface area contributed by atoms with Crippen LogP contribution in [0.3, 0.4) is 0 Å². The Bertz CT molecular complexity index is 1140. The van der Waals surface area contributed by atoms with Gasteiger partial charge in [0.2, 0.25) is 11.8 Å². The third-order valence-corrected chi connectivity index (χ3v) is 7.12. The Morgan fingerprint density at radius 2 is 1.90 bits per heavy atom. The van der Waals surface area contributed by atoms with Gasteiger partial charge in [0.1, 0.15) is 11.1 Å². The van der Waals surface area contributed by atoms with Crippen molar-refractivity contribution in [2.45, 2.75) is 48.9 Å². The van der Waals surface area contributed by atoms with Gasteiger partial charge in [-0.25, -0.2) is 18.1 Å². The van der Waals surface area contributed by atoms with Crippen molar-refractivity contribution in [1.82, 2.24) is 9.71 Å². The number of sulfonamides is 1. The average Bonchev–Trinajstić information content (AvgIpc) is 2.72. The zero-order valence-corrected chi connectivity index (χ0v) is 18.6. The van der Waals surface area contributed by atoms with Gasteiger partial charge in [0.05, 0.1) is 10.5 Å². The lowest BCUT2D eigenvalue weighted by Crippen LogP contribution is -2.28. The van der Waals surface area contributed by atoms with Crippen LogP contribution in [0.2, 0.25) is 0 Å². The number of hydrogen-bond acceptors (Lipinski definition) is 7. The molecule has 31 heavy (non-hydrogen) atoms. The number of carbonyl (C=O) groups is 2. The molecule has 0 bridgehead atoms. The van der Waals surface area contributed by atoms with Gasteiger partial charge in [-0.3, -0.25) is 9.59 Å². The van der Waals surface area contributed by atoms with Crippen LogP contribution in [-0.2, 0) is 32.5 Å². The minimum atomic E-state index is -3.91. The number of carbonyl (C=O) groups excluding carboxylic acids is 2. The highest BCUT2D eigenvalue weighted by molar-refractivity contribution is 7.99. The molecule has 3 rings (SSSR count). The molecule has 162 valence electrons. The Morgan fingerprint density at radius 1 is 1.19 bits per heavy atom. The first-order chi connectivity index (χ1) is 14.8. The summed E-state index contributed by atoms with van der Waals surface area (Å²) in [4.78, 5) is 27.8. The summed E-state index contributed by atoms with van der Waals surface area (Å²) < 4.78 is 25.8. The first-order valence-electron chi connectivity index (χ1n) is 9.77. The van der Waals surface area contributed by atoms with Crippen LogP contribution >= 0.6 is 11.8 Å². The van der Waals surface area contributed by atoms with Gasteiger partial charge in [-0.05, 0) is 61.6 Å². The summed E-state index contributed by atoms with van der Waals surface area (Å²) in [6.07, 6.45) is 4.30. The summed E-state index contributed by atoms with van der Waals surface area (Å²) in [5.74, 6) is -0.453. The first kappa shape index (κ1) is 22.8. The molecule has 0 atom stereocenters. The number of rotatable bonds is 7. The summed E-state index contributed by atoms with van der Waals surface area (Å²) in [5, 5.41) is 12.8. The molecule has 1 aliphatic rings. The van der Waals surface area contributed by atoms with E-state index in [0.717, 1.165) is 43.9 Å². The fourth-order valence-corrected chi connectivity index (χ4v) is 5.14. The summed E-state index contributed by atoms with van der Waals surface area (Å²) >= 11 is 1.38. The average molecular weight is 459 g/mol. The Hall–Kier alpha value is -2.90. The van der Waals surface area contributed by atoms with E-state index >= 15 is 0 Å². The number of anilines is 1. The van der Waals surface area contributed by atoms with Gasteiger partial charge in [-0.1, -0.05) is 0 Å². The summed E-state index contributed by atoms with van der Waals surface area (Å²) in [7, 11) is -3.91. The number of nitriles is 1. The minimum Gasteiger partial charge on any atom is -0.326 e. The van der Waals surface area contributed by atoms with Gasteiger partial charge in [0.15, 0.2) is 0 Å². The van der Waals surface area contributed by atoms with Crippen LogP contribution in [-0.4, -0.2) is 31.0 Å². The summed E-state index contributed by atoms with van der Waals surface area (Å²) in [5.41, 5.74) is 3.18. The highest BCUT2D eigenvalue weighted by Gasteiger charge is 2.17. The fourth-order valence-electron chi connectivity index (χ4n) is 3.23. The number of fused-ring (bicyclic) bond motifs is 1. The van der Waals surface area contributed by atoms with Crippen molar-refractivity contribution in [3.05, 3.63) is 47.2 Å². The van der Waals surface area contributed by atoms with E-state index in [0.29, 0.717) is 22.0 Å². The minimum absolute atomic E-state index is 0.0706. The predicted octanol–water partition coefficient (Wildman–Crippen LogP) is 2.78. The molecule has 2 aromatic rings. The number of aryl methyl sites for hydroxylation is 2. The fraction of sp³-hybridized carbons (Fsp3) is 0.333. The number of pyridine rings is 1. The molecule has 1 heterocycles. The van der Waals surface area contributed by atoms with E-state index < -0.39 is 15.9 Å². The lowest BCUT2D eigenvalue weighted by molar-refractivity contribution is -0.117. The third-order valence-electron chi connectivity index (χ3n) is 4.68. The molecule has 0 fully saturated rings. The molecular weight excluding hydrogens is 436 g/mol. The Labute approximate surface area is 185 Å². The molecule has 10 heteroatoms. The van der Waals surface area contributed by atoms with Crippen molar-refractivity contribution in [3.8, 4) is 6.07 Å². The second kappa shape index (κ2) is 9.94. The lowest BCUT2D eigenvalue weighted by Gasteiger charge is -2.16.